The van der Waals surface area contributed by atoms with E-state index in [1.54, 1.807) is 24.3 Å². The van der Waals surface area contributed by atoms with Crippen molar-refractivity contribution in [2.45, 2.75) is 6.36 Å². The van der Waals surface area contributed by atoms with Gasteiger partial charge in [0.1, 0.15) is 17.1 Å². The number of para-hydroxylation sites is 1. The number of nitrogens with zero attached hydrogens (tertiary/aromatic N) is 4. The summed E-state index contributed by atoms with van der Waals surface area (Å²) < 4.78 is 43.6. The van der Waals surface area contributed by atoms with Crippen LogP contribution in [0, 0.1) is 0 Å². The fourth-order valence-electron chi connectivity index (χ4n) is 2.68. The Morgan fingerprint density at radius 1 is 1.07 bits per heavy atom. The molecule has 0 aliphatic rings. The van der Waals surface area contributed by atoms with Crippen LogP contribution in [0.5, 0.6) is 5.75 Å². The number of hydrogen-bond acceptors (Lipinski definition) is 5. The fourth-order valence-corrected chi connectivity index (χ4v) is 2.68. The standard InChI is InChI=1S/C19H12F3N5O2/c20-19(21,22)29-16-7-2-1-5-12(16)13-8-10-27-17(25-13)15(11-24-27)26-18(28)14-6-3-4-9-23-14/h1-11H,(H,26,28). The number of halogens is 3. The molecule has 4 aromatic rings. The molecule has 0 aliphatic heterocycles. The number of aromatic nitrogens is 4. The van der Waals surface area contributed by atoms with Gasteiger partial charge in [-0.1, -0.05) is 18.2 Å². The van der Waals surface area contributed by atoms with Crippen LogP contribution < -0.4 is 10.1 Å². The molecule has 10 heteroatoms. The second-order valence-corrected chi connectivity index (χ2v) is 5.85. The summed E-state index contributed by atoms with van der Waals surface area (Å²) in [6.45, 7) is 0. The van der Waals surface area contributed by atoms with Crippen LogP contribution in [0.25, 0.3) is 16.9 Å². The molecule has 0 unspecified atom stereocenters. The van der Waals surface area contributed by atoms with Gasteiger partial charge in [-0.25, -0.2) is 9.50 Å². The quantitative estimate of drug-likeness (QED) is 0.562. The lowest BCUT2D eigenvalue weighted by molar-refractivity contribution is -0.274. The topological polar surface area (TPSA) is 81.4 Å². The summed E-state index contributed by atoms with van der Waals surface area (Å²) in [6.07, 6.45) is -0.429. The van der Waals surface area contributed by atoms with E-state index in [2.05, 4.69) is 25.1 Å². The summed E-state index contributed by atoms with van der Waals surface area (Å²) in [5.74, 6) is -0.844. The molecule has 0 atom stereocenters. The van der Waals surface area contributed by atoms with E-state index >= 15 is 0 Å². The van der Waals surface area contributed by atoms with Crippen molar-refractivity contribution < 1.29 is 22.7 Å². The van der Waals surface area contributed by atoms with Crippen molar-refractivity contribution in [2.75, 3.05) is 5.32 Å². The van der Waals surface area contributed by atoms with E-state index in [9.17, 15) is 18.0 Å². The molecule has 0 fully saturated rings. The van der Waals surface area contributed by atoms with E-state index < -0.39 is 12.3 Å². The number of ether oxygens (including phenoxy) is 1. The molecule has 0 radical (unpaired) electrons. The van der Waals surface area contributed by atoms with E-state index in [0.717, 1.165) is 0 Å². The second kappa shape index (κ2) is 7.23. The van der Waals surface area contributed by atoms with Crippen LogP contribution in [0.15, 0.2) is 67.1 Å². The molecule has 1 aromatic carbocycles. The number of anilines is 1. The van der Waals surface area contributed by atoms with E-state index in [4.69, 9.17) is 0 Å². The normalized spacial score (nSPS) is 11.4. The zero-order valence-electron chi connectivity index (χ0n) is 14.6. The lowest BCUT2D eigenvalue weighted by Gasteiger charge is -2.13. The molecule has 146 valence electrons. The number of fused-ring (bicyclic) bond motifs is 1. The van der Waals surface area contributed by atoms with Gasteiger partial charge in [-0.05, 0) is 30.3 Å². The zero-order chi connectivity index (χ0) is 20.4. The fraction of sp³-hybridized carbons (Fsp3) is 0.0526. The number of alkyl halides is 3. The smallest absolute Gasteiger partial charge is 0.405 e. The molecule has 3 heterocycles. The Morgan fingerprint density at radius 2 is 1.86 bits per heavy atom. The van der Waals surface area contributed by atoms with E-state index in [1.165, 1.54) is 47.4 Å². The zero-order valence-corrected chi connectivity index (χ0v) is 14.6. The summed E-state index contributed by atoms with van der Waals surface area (Å²) >= 11 is 0. The third-order valence-electron chi connectivity index (χ3n) is 3.90. The average molecular weight is 399 g/mol. The lowest BCUT2D eigenvalue weighted by atomic mass is 10.1. The maximum absolute atomic E-state index is 12.7. The first kappa shape index (κ1) is 18.4. The third-order valence-corrected chi connectivity index (χ3v) is 3.90. The minimum atomic E-state index is -4.83. The Morgan fingerprint density at radius 3 is 2.62 bits per heavy atom. The predicted octanol–water partition coefficient (Wildman–Crippen LogP) is 3.94. The van der Waals surface area contributed by atoms with Crippen molar-refractivity contribution in [1.82, 2.24) is 19.6 Å². The van der Waals surface area contributed by atoms with Crippen LogP contribution in [-0.2, 0) is 0 Å². The van der Waals surface area contributed by atoms with Crippen LogP contribution in [0.3, 0.4) is 0 Å². The number of amides is 1. The van der Waals surface area contributed by atoms with Gasteiger partial charge in [-0.3, -0.25) is 9.78 Å². The number of carbonyl (C=O) groups excluding carboxylic acids is 1. The van der Waals surface area contributed by atoms with Gasteiger partial charge in [-0.2, -0.15) is 5.10 Å². The van der Waals surface area contributed by atoms with Gasteiger partial charge in [-0.15, -0.1) is 13.2 Å². The van der Waals surface area contributed by atoms with Crippen molar-refractivity contribution in [1.29, 1.82) is 0 Å². The summed E-state index contributed by atoms with van der Waals surface area (Å²) in [4.78, 5) is 20.7. The molecule has 0 bridgehead atoms. The molecular formula is C19H12F3N5O2. The highest BCUT2D eigenvalue weighted by atomic mass is 19.4. The molecule has 29 heavy (non-hydrogen) atoms. The van der Waals surface area contributed by atoms with Crippen LogP contribution in [0.4, 0.5) is 18.9 Å². The molecule has 0 saturated heterocycles. The first-order chi connectivity index (χ1) is 13.9. The lowest BCUT2D eigenvalue weighted by Crippen LogP contribution is -2.17. The summed E-state index contributed by atoms with van der Waals surface area (Å²) in [6, 6.07) is 12.1. The first-order valence-electron chi connectivity index (χ1n) is 8.33. The van der Waals surface area contributed by atoms with Gasteiger partial charge in [0, 0.05) is 18.0 Å². The molecule has 4 rings (SSSR count). The number of rotatable bonds is 4. The summed E-state index contributed by atoms with van der Waals surface area (Å²) in [5, 5.41) is 6.74. The van der Waals surface area contributed by atoms with Crippen LogP contribution in [0.1, 0.15) is 10.5 Å². The monoisotopic (exact) mass is 399 g/mol. The van der Waals surface area contributed by atoms with E-state index in [-0.39, 0.29) is 34.0 Å². The summed E-state index contributed by atoms with van der Waals surface area (Å²) in [7, 11) is 0. The van der Waals surface area contributed by atoms with Crippen molar-refractivity contribution in [2.24, 2.45) is 0 Å². The van der Waals surface area contributed by atoms with Gasteiger partial charge >= 0.3 is 6.36 Å². The Balaban J connectivity index is 1.71. The van der Waals surface area contributed by atoms with Gasteiger partial charge in [0.2, 0.25) is 0 Å². The second-order valence-electron chi connectivity index (χ2n) is 5.85. The maximum atomic E-state index is 12.7. The van der Waals surface area contributed by atoms with Crippen molar-refractivity contribution in [3.05, 3.63) is 72.8 Å². The van der Waals surface area contributed by atoms with Gasteiger partial charge in [0.15, 0.2) is 5.65 Å². The summed E-state index contributed by atoms with van der Waals surface area (Å²) in [5.41, 5.74) is 1.12. The first-order valence-corrected chi connectivity index (χ1v) is 8.33. The molecule has 0 saturated carbocycles. The minimum absolute atomic E-state index is 0.149. The Bertz CT molecular complexity index is 1180. The molecule has 7 nitrogen and oxygen atoms in total. The van der Waals surface area contributed by atoms with E-state index in [1.807, 2.05) is 0 Å². The highest BCUT2D eigenvalue weighted by molar-refractivity contribution is 6.04. The number of pyridine rings is 1. The van der Waals surface area contributed by atoms with Crippen molar-refractivity contribution >= 4 is 17.2 Å². The minimum Gasteiger partial charge on any atom is -0.405 e. The van der Waals surface area contributed by atoms with E-state index in [0.29, 0.717) is 0 Å². The molecule has 1 N–H and O–H groups in total. The molecule has 0 aliphatic carbocycles. The van der Waals surface area contributed by atoms with Gasteiger partial charge in [0.05, 0.1) is 11.9 Å². The molecule has 0 spiro atoms. The van der Waals surface area contributed by atoms with Gasteiger partial charge < -0.3 is 10.1 Å². The third kappa shape index (κ3) is 4.00. The SMILES string of the molecule is O=C(Nc1cnn2ccc(-c3ccccc3OC(F)(F)F)nc12)c1ccccn1. The van der Waals surface area contributed by atoms with Crippen LogP contribution in [0.2, 0.25) is 0 Å². The van der Waals surface area contributed by atoms with Crippen molar-refractivity contribution in [3.8, 4) is 17.0 Å². The molecule has 3 aromatic heterocycles. The van der Waals surface area contributed by atoms with Crippen LogP contribution >= 0.6 is 0 Å². The highest BCUT2D eigenvalue weighted by Crippen LogP contribution is 2.33. The number of carbonyl (C=O) groups is 1. The Labute approximate surface area is 161 Å². The predicted molar refractivity (Wildman–Crippen MR) is 97.3 cm³/mol. The maximum Gasteiger partial charge on any atom is 0.573 e. The number of nitrogens with one attached hydrogen (secondary N) is 1. The Hall–Kier alpha value is -3.95. The van der Waals surface area contributed by atoms with Gasteiger partial charge in [0.25, 0.3) is 5.91 Å². The molecule has 1 amide bonds. The van der Waals surface area contributed by atoms with Crippen LogP contribution in [-0.4, -0.2) is 31.9 Å². The largest absolute Gasteiger partial charge is 0.573 e. The Kier molecular flexibility index (Phi) is 4.59. The average Bonchev–Trinajstić information content (AvgIpc) is 3.10. The highest BCUT2D eigenvalue weighted by Gasteiger charge is 2.32. The number of hydrogen-bond donors (Lipinski definition) is 1. The number of benzene rings is 1. The van der Waals surface area contributed by atoms with Crippen molar-refractivity contribution in [3.63, 3.8) is 0 Å². The molecular weight excluding hydrogens is 387 g/mol.